The van der Waals surface area contributed by atoms with Crippen molar-refractivity contribution in [3.05, 3.63) is 35.4 Å². The van der Waals surface area contributed by atoms with Gasteiger partial charge in [-0.15, -0.1) is 0 Å². The Kier molecular flexibility index (Phi) is 5.83. The van der Waals surface area contributed by atoms with Gasteiger partial charge in [-0.05, 0) is 48.3 Å². The first kappa shape index (κ1) is 16.5. The molecule has 0 saturated carbocycles. The molecule has 2 nitrogen and oxygen atoms in total. The van der Waals surface area contributed by atoms with Crippen molar-refractivity contribution in [3.8, 4) is 0 Å². The fourth-order valence-electron chi connectivity index (χ4n) is 3.42. The Morgan fingerprint density at radius 2 is 1.81 bits per heavy atom. The molecule has 1 aliphatic heterocycles. The monoisotopic (exact) mass is 288 g/mol. The van der Waals surface area contributed by atoms with E-state index in [2.05, 4.69) is 56.9 Å². The van der Waals surface area contributed by atoms with Gasteiger partial charge >= 0.3 is 0 Å². The molecule has 1 heterocycles. The van der Waals surface area contributed by atoms with Crippen molar-refractivity contribution in [2.75, 3.05) is 19.6 Å². The largest absolute Gasteiger partial charge is 0.329 e. The predicted molar refractivity (Wildman–Crippen MR) is 91.3 cm³/mol. The van der Waals surface area contributed by atoms with Crippen molar-refractivity contribution < 1.29 is 0 Å². The summed E-state index contributed by atoms with van der Waals surface area (Å²) < 4.78 is 0. The van der Waals surface area contributed by atoms with E-state index in [0.29, 0.717) is 18.5 Å². The van der Waals surface area contributed by atoms with E-state index in [1.54, 1.807) is 0 Å². The number of rotatable bonds is 5. The zero-order chi connectivity index (χ0) is 15.4. The molecule has 3 atom stereocenters. The van der Waals surface area contributed by atoms with E-state index in [9.17, 15) is 0 Å². The third-order valence-corrected chi connectivity index (χ3v) is 5.04. The molecular weight excluding hydrogens is 256 g/mol. The van der Waals surface area contributed by atoms with Gasteiger partial charge in [-0.1, -0.05) is 52.0 Å². The lowest BCUT2D eigenvalue weighted by Crippen LogP contribution is -2.43. The lowest BCUT2D eigenvalue weighted by molar-refractivity contribution is 0.0983. The van der Waals surface area contributed by atoms with Gasteiger partial charge in [0.1, 0.15) is 0 Å². The highest BCUT2D eigenvalue weighted by Crippen LogP contribution is 2.29. The maximum Gasteiger partial charge on any atom is 0.0470 e. The van der Waals surface area contributed by atoms with E-state index < -0.39 is 0 Å². The molecule has 0 aliphatic carbocycles. The van der Waals surface area contributed by atoms with Crippen LogP contribution in [-0.2, 0) is 6.42 Å². The maximum atomic E-state index is 6.09. The summed E-state index contributed by atoms with van der Waals surface area (Å²) >= 11 is 0. The highest BCUT2D eigenvalue weighted by atomic mass is 15.2. The number of hydrogen-bond donors (Lipinski definition) is 1. The van der Waals surface area contributed by atoms with E-state index in [4.69, 9.17) is 5.73 Å². The molecule has 0 aromatic heterocycles. The fraction of sp³-hybridized carbons (Fsp3) is 0.684. The first-order valence-electron chi connectivity index (χ1n) is 8.54. The van der Waals surface area contributed by atoms with Gasteiger partial charge in [0.2, 0.25) is 0 Å². The maximum absolute atomic E-state index is 6.09. The van der Waals surface area contributed by atoms with Crippen LogP contribution in [0.3, 0.4) is 0 Å². The molecular formula is C19H32N2. The van der Waals surface area contributed by atoms with Crippen molar-refractivity contribution in [1.82, 2.24) is 4.90 Å². The second kappa shape index (κ2) is 7.42. The minimum absolute atomic E-state index is 0.382. The molecule has 1 aromatic rings. The summed E-state index contributed by atoms with van der Waals surface area (Å²) in [5.41, 5.74) is 8.91. The number of benzene rings is 1. The highest BCUT2D eigenvalue weighted by molar-refractivity contribution is 5.26. The van der Waals surface area contributed by atoms with Crippen LogP contribution in [0.25, 0.3) is 0 Å². The van der Waals surface area contributed by atoms with Crippen molar-refractivity contribution >= 4 is 0 Å². The molecule has 21 heavy (non-hydrogen) atoms. The Balaban J connectivity index is 2.06. The third kappa shape index (κ3) is 4.31. The van der Waals surface area contributed by atoms with Gasteiger partial charge in [-0.25, -0.2) is 0 Å². The van der Waals surface area contributed by atoms with Crippen LogP contribution in [0.5, 0.6) is 0 Å². The summed E-state index contributed by atoms with van der Waals surface area (Å²) in [6, 6.07) is 9.53. The summed E-state index contributed by atoms with van der Waals surface area (Å²) in [5.74, 6) is 2.33. The van der Waals surface area contributed by atoms with E-state index in [-0.39, 0.29) is 0 Å². The predicted octanol–water partition coefficient (Wildman–Crippen LogP) is 3.86. The Morgan fingerprint density at radius 1 is 1.14 bits per heavy atom. The van der Waals surface area contributed by atoms with Crippen molar-refractivity contribution in [3.63, 3.8) is 0 Å². The molecule has 118 valence electrons. The molecule has 1 saturated heterocycles. The first-order valence-corrected chi connectivity index (χ1v) is 8.54. The van der Waals surface area contributed by atoms with Gasteiger partial charge < -0.3 is 5.73 Å². The van der Waals surface area contributed by atoms with Crippen LogP contribution in [0.15, 0.2) is 24.3 Å². The van der Waals surface area contributed by atoms with Crippen LogP contribution >= 0.6 is 0 Å². The molecule has 1 fully saturated rings. The standard InChI is InChI=1S/C19H32N2/c1-14(2)11-17-5-7-18(8-6-17)19(12-20)21-10-9-15(3)16(4)13-21/h5-8,14-16,19H,9-13,20H2,1-4H3. The number of hydrogen-bond acceptors (Lipinski definition) is 2. The van der Waals surface area contributed by atoms with Crippen LogP contribution in [0, 0.1) is 17.8 Å². The molecule has 0 amide bonds. The number of piperidine rings is 1. The minimum atomic E-state index is 0.382. The van der Waals surface area contributed by atoms with Crippen LogP contribution < -0.4 is 5.73 Å². The average molecular weight is 288 g/mol. The second-order valence-corrected chi connectivity index (χ2v) is 7.33. The first-order chi connectivity index (χ1) is 10.0. The van der Waals surface area contributed by atoms with E-state index in [0.717, 1.165) is 18.3 Å². The number of nitrogens with zero attached hydrogens (tertiary/aromatic N) is 1. The van der Waals surface area contributed by atoms with Gasteiger partial charge in [0, 0.05) is 19.1 Å². The quantitative estimate of drug-likeness (QED) is 0.891. The average Bonchev–Trinajstić information content (AvgIpc) is 2.45. The number of likely N-dealkylation sites (tertiary alicyclic amines) is 1. The Labute approximate surface area is 130 Å². The van der Waals surface area contributed by atoms with Crippen LogP contribution in [0.4, 0.5) is 0 Å². The summed E-state index contributed by atoms with van der Waals surface area (Å²) in [6.45, 7) is 12.4. The summed E-state index contributed by atoms with van der Waals surface area (Å²) in [6.07, 6.45) is 2.45. The molecule has 2 heteroatoms. The summed E-state index contributed by atoms with van der Waals surface area (Å²) in [5, 5.41) is 0. The van der Waals surface area contributed by atoms with Crippen molar-refractivity contribution in [2.45, 2.75) is 46.6 Å². The van der Waals surface area contributed by atoms with E-state index in [1.165, 1.54) is 30.6 Å². The van der Waals surface area contributed by atoms with Gasteiger partial charge in [0.05, 0.1) is 0 Å². The lowest BCUT2D eigenvalue weighted by Gasteiger charge is -2.40. The van der Waals surface area contributed by atoms with Gasteiger partial charge in [-0.2, -0.15) is 0 Å². The smallest absolute Gasteiger partial charge is 0.0470 e. The van der Waals surface area contributed by atoms with E-state index >= 15 is 0 Å². The van der Waals surface area contributed by atoms with Gasteiger partial charge in [-0.3, -0.25) is 4.90 Å². The minimum Gasteiger partial charge on any atom is -0.329 e. The normalized spacial score (nSPS) is 25.2. The van der Waals surface area contributed by atoms with Gasteiger partial charge in [0.25, 0.3) is 0 Å². The topological polar surface area (TPSA) is 29.3 Å². The van der Waals surface area contributed by atoms with Crippen molar-refractivity contribution in [2.24, 2.45) is 23.5 Å². The summed E-state index contributed by atoms with van der Waals surface area (Å²) in [4.78, 5) is 2.59. The van der Waals surface area contributed by atoms with E-state index in [1.807, 2.05) is 0 Å². The van der Waals surface area contributed by atoms with Crippen molar-refractivity contribution in [1.29, 1.82) is 0 Å². The lowest BCUT2D eigenvalue weighted by atomic mass is 9.87. The Bertz CT molecular complexity index is 424. The van der Waals surface area contributed by atoms with Gasteiger partial charge in [0.15, 0.2) is 0 Å². The Hall–Kier alpha value is -0.860. The second-order valence-electron chi connectivity index (χ2n) is 7.33. The van der Waals surface area contributed by atoms with Crippen LogP contribution in [0.2, 0.25) is 0 Å². The molecule has 1 aromatic carbocycles. The molecule has 0 radical (unpaired) electrons. The molecule has 3 unspecified atom stereocenters. The molecule has 2 rings (SSSR count). The fourth-order valence-corrected chi connectivity index (χ4v) is 3.42. The van der Waals surface area contributed by atoms with Crippen LogP contribution in [-0.4, -0.2) is 24.5 Å². The molecule has 0 bridgehead atoms. The number of nitrogens with two attached hydrogens (primary N) is 1. The zero-order valence-corrected chi connectivity index (χ0v) is 14.2. The highest BCUT2D eigenvalue weighted by Gasteiger charge is 2.27. The zero-order valence-electron chi connectivity index (χ0n) is 14.2. The summed E-state index contributed by atoms with van der Waals surface area (Å²) in [7, 11) is 0. The Morgan fingerprint density at radius 3 is 2.33 bits per heavy atom. The third-order valence-electron chi connectivity index (χ3n) is 5.04. The molecule has 1 aliphatic rings. The molecule has 0 spiro atoms. The molecule has 2 N–H and O–H groups in total. The van der Waals surface area contributed by atoms with Crippen LogP contribution in [0.1, 0.15) is 51.3 Å². The SMILES string of the molecule is CC(C)Cc1ccc(C(CN)N2CCC(C)C(C)C2)cc1.